The van der Waals surface area contributed by atoms with E-state index in [1.165, 1.54) is 12.1 Å². The second-order valence-corrected chi connectivity index (χ2v) is 7.08. The average Bonchev–Trinajstić information content (AvgIpc) is 3.23. The Morgan fingerprint density at radius 2 is 1.88 bits per heavy atom. The normalized spacial score (nSPS) is 15.2. The number of para-hydroxylation sites is 1. The molecule has 2 aromatic heterocycles. The van der Waals surface area contributed by atoms with Crippen LogP contribution in [0.3, 0.4) is 0 Å². The van der Waals surface area contributed by atoms with Crippen molar-refractivity contribution in [1.29, 1.82) is 0 Å². The Labute approximate surface area is 147 Å². The molecule has 2 heterocycles. The number of thiazole rings is 1. The molecule has 0 N–H and O–H groups in total. The highest BCUT2D eigenvalue weighted by atomic mass is 32.1. The number of aromatic nitrogens is 1. The number of halogens is 1. The Morgan fingerprint density at radius 1 is 1.08 bits per heavy atom. The molecule has 0 aliphatic heterocycles. The van der Waals surface area contributed by atoms with Gasteiger partial charge in [-0.3, -0.25) is 0 Å². The summed E-state index contributed by atoms with van der Waals surface area (Å²) >= 11 is 1.59. The third kappa shape index (κ3) is 2.70. The number of fused-ring (bicyclic) bond motifs is 1. The lowest BCUT2D eigenvalue weighted by Gasteiger charge is -2.04. The van der Waals surface area contributed by atoms with Gasteiger partial charge in [-0.2, -0.15) is 0 Å². The molecule has 1 fully saturated rings. The number of furan rings is 1. The zero-order valence-corrected chi connectivity index (χ0v) is 14.2. The molecule has 0 amide bonds. The summed E-state index contributed by atoms with van der Waals surface area (Å²) in [4.78, 5) is 5.64. The molecule has 4 aromatic rings. The van der Waals surface area contributed by atoms with Crippen LogP contribution in [-0.4, -0.2) is 4.57 Å². The maximum Gasteiger partial charge on any atom is 0.190 e. The Morgan fingerprint density at radius 3 is 2.64 bits per heavy atom. The van der Waals surface area contributed by atoms with Gasteiger partial charge in [-0.25, -0.2) is 9.38 Å². The first-order valence-corrected chi connectivity index (χ1v) is 9.15. The van der Waals surface area contributed by atoms with E-state index in [9.17, 15) is 4.39 Å². The molecular weight excluding hydrogens is 335 g/mol. The summed E-state index contributed by atoms with van der Waals surface area (Å²) in [6, 6.07) is 16.9. The van der Waals surface area contributed by atoms with Gasteiger partial charge in [0.1, 0.15) is 11.4 Å². The SMILES string of the molecule is Fc1ccc(N=c2scc(-c3cc4ccccc4o3)n2C2CC2)cc1. The molecule has 0 radical (unpaired) electrons. The lowest BCUT2D eigenvalue weighted by Crippen LogP contribution is -2.14. The molecule has 0 unspecified atom stereocenters. The molecule has 0 spiro atoms. The molecule has 0 atom stereocenters. The lowest BCUT2D eigenvalue weighted by molar-refractivity contribution is 0.613. The minimum atomic E-state index is -0.247. The molecule has 2 aromatic carbocycles. The van der Waals surface area contributed by atoms with Crippen LogP contribution in [0.4, 0.5) is 10.1 Å². The fourth-order valence-electron chi connectivity index (χ4n) is 3.00. The Kier molecular flexibility index (Phi) is 3.35. The quantitative estimate of drug-likeness (QED) is 0.468. The van der Waals surface area contributed by atoms with Crippen LogP contribution in [0.1, 0.15) is 18.9 Å². The minimum absolute atomic E-state index is 0.247. The minimum Gasteiger partial charge on any atom is -0.454 e. The number of nitrogens with zero attached hydrogens (tertiary/aromatic N) is 2. The van der Waals surface area contributed by atoms with Crippen LogP contribution in [-0.2, 0) is 0 Å². The highest BCUT2D eigenvalue weighted by Gasteiger charge is 2.28. The Balaban J connectivity index is 1.66. The van der Waals surface area contributed by atoms with E-state index in [-0.39, 0.29) is 5.82 Å². The van der Waals surface area contributed by atoms with Crippen molar-refractivity contribution in [2.24, 2.45) is 4.99 Å². The first-order chi connectivity index (χ1) is 12.3. The monoisotopic (exact) mass is 350 g/mol. The largest absolute Gasteiger partial charge is 0.454 e. The van der Waals surface area contributed by atoms with Crippen LogP contribution < -0.4 is 4.80 Å². The molecule has 5 heteroatoms. The second-order valence-electron chi connectivity index (χ2n) is 6.24. The Bertz CT molecular complexity index is 1080. The molecule has 1 aliphatic carbocycles. The van der Waals surface area contributed by atoms with Gasteiger partial charge in [-0.15, -0.1) is 11.3 Å². The molecule has 124 valence electrons. The maximum absolute atomic E-state index is 13.1. The number of hydrogen-bond acceptors (Lipinski definition) is 3. The zero-order chi connectivity index (χ0) is 16.8. The van der Waals surface area contributed by atoms with Crippen molar-refractivity contribution in [3.05, 3.63) is 70.6 Å². The number of benzene rings is 2. The smallest absolute Gasteiger partial charge is 0.190 e. The second kappa shape index (κ2) is 5.70. The van der Waals surface area contributed by atoms with Crippen molar-refractivity contribution in [2.75, 3.05) is 0 Å². The first-order valence-electron chi connectivity index (χ1n) is 8.27. The summed E-state index contributed by atoms with van der Waals surface area (Å²) in [6.45, 7) is 0. The molecule has 3 nitrogen and oxygen atoms in total. The average molecular weight is 350 g/mol. The van der Waals surface area contributed by atoms with Gasteiger partial charge in [0.2, 0.25) is 0 Å². The van der Waals surface area contributed by atoms with Gasteiger partial charge in [0, 0.05) is 16.8 Å². The molecule has 0 bridgehead atoms. The van der Waals surface area contributed by atoms with E-state index in [0.717, 1.165) is 45.8 Å². The summed E-state index contributed by atoms with van der Waals surface area (Å²) in [5, 5.41) is 3.20. The van der Waals surface area contributed by atoms with Crippen molar-refractivity contribution in [3.63, 3.8) is 0 Å². The molecule has 5 rings (SSSR count). The van der Waals surface area contributed by atoms with Crippen molar-refractivity contribution >= 4 is 28.0 Å². The standard InChI is InChI=1S/C20H15FN2OS/c21-14-5-7-15(8-6-14)22-20-23(16-9-10-16)17(12-25-20)19-11-13-3-1-2-4-18(13)24-19/h1-8,11-12,16H,9-10H2. The predicted octanol–water partition coefficient (Wildman–Crippen LogP) is 5.67. The van der Waals surface area contributed by atoms with E-state index < -0.39 is 0 Å². The lowest BCUT2D eigenvalue weighted by atomic mass is 10.2. The highest BCUT2D eigenvalue weighted by Crippen LogP contribution is 2.39. The van der Waals surface area contributed by atoms with E-state index in [2.05, 4.69) is 22.1 Å². The van der Waals surface area contributed by atoms with Crippen LogP contribution >= 0.6 is 11.3 Å². The van der Waals surface area contributed by atoms with E-state index in [1.807, 2.05) is 18.2 Å². The maximum atomic E-state index is 13.1. The van der Waals surface area contributed by atoms with E-state index in [4.69, 9.17) is 9.41 Å². The van der Waals surface area contributed by atoms with Crippen molar-refractivity contribution in [1.82, 2.24) is 4.57 Å². The summed E-state index contributed by atoms with van der Waals surface area (Å²) < 4.78 is 21.4. The van der Waals surface area contributed by atoms with E-state index in [0.29, 0.717) is 6.04 Å². The first kappa shape index (κ1) is 14.7. The molecule has 1 aliphatic rings. The fraction of sp³-hybridized carbons (Fsp3) is 0.150. The molecule has 25 heavy (non-hydrogen) atoms. The van der Waals surface area contributed by atoms with Gasteiger partial charge in [0.25, 0.3) is 0 Å². The van der Waals surface area contributed by atoms with Crippen molar-refractivity contribution < 1.29 is 8.81 Å². The van der Waals surface area contributed by atoms with Gasteiger partial charge < -0.3 is 8.98 Å². The number of rotatable bonds is 3. The van der Waals surface area contributed by atoms with Crippen LogP contribution in [0.25, 0.3) is 22.4 Å². The summed E-state index contributed by atoms with van der Waals surface area (Å²) in [7, 11) is 0. The third-order valence-corrected chi connectivity index (χ3v) is 5.22. The molecule has 1 saturated carbocycles. The van der Waals surface area contributed by atoms with Crippen LogP contribution in [0.15, 0.2) is 69.4 Å². The van der Waals surface area contributed by atoms with Gasteiger partial charge in [-0.1, -0.05) is 18.2 Å². The van der Waals surface area contributed by atoms with Crippen molar-refractivity contribution in [3.8, 4) is 11.5 Å². The van der Waals surface area contributed by atoms with Crippen LogP contribution in [0, 0.1) is 5.82 Å². The topological polar surface area (TPSA) is 30.4 Å². The predicted molar refractivity (Wildman–Crippen MR) is 97.4 cm³/mol. The fourth-order valence-corrected chi connectivity index (χ4v) is 3.97. The van der Waals surface area contributed by atoms with E-state index in [1.54, 1.807) is 23.5 Å². The van der Waals surface area contributed by atoms with Crippen molar-refractivity contribution in [2.45, 2.75) is 18.9 Å². The summed E-state index contributed by atoms with van der Waals surface area (Å²) in [6.07, 6.45) is 2.31. The molecule has 0 saturated heterocycles. The van der Waals surface area contributed by atoms with E-state index >= 15 is 0 Å². The highest BCUT2D eigenvalue weighted by molar-refractivity contribution is 7.07. The van der Waals surface area contributed by atoms with Crippen LogP contribution in [0.5, 0.6) is 0 Å². The van der Waals surface area contributed by atoms with Gasteiger partial charge in [0.15, 0.2) is 10.6 Å². The summed E-state index contributed by atoms with van der Waals surface area (Å²) in [5.41, 5.74) is 2.71. The zero-order valence-electron chi connectivity index (χ0n) is 13.4. The van der Waals surface area contributed by atoms with Gasteiger partial charge >= 0.3 is 0 Å². The van der Waals surface area contributed by atoms with Crippen LogP contribution in [0.2, 0.25) is 0 Å². The molecular formula is C20H15FN2OS. The van der Waals surface area contributed by atoms with Gasteiger partial charge in [-0.05, 0) is 49.2 Å². The third-order valence-electron chi connectivity index (χ3n) is 4.38. The summed E-state index contributed by atoms with van der Waals surface area (Å²) in [5.74, 6) is 0.619. The Hall–Kier alpha value is -2.66. The van der Waals surface area contributed by atoms with Gasteiger partial charge in [0.05, 0.1) is 11.4 Å². The number of hydrogen-bond donors (Lipinski definition) is 0.